The van der Waals surface area contributed by atoms with E-state index in [1.165, 1.54) is 24.1 Å². The van der Waals surface area contributed by atoms with Gasteiger partial charge in [0.1, 0.15) is 0 Å². The van der Waals surface area contributed by atoms with Crippen molar-refractivity contribution in [2.45, 2.75) is 38.5 Å². The predicted octanol–water partition coefficient (Wildman–Crippen LogP) is 2.96. The second kappa shape index (κ2) is 3.62. The topological polar surface area (TPSA) is 25.8 Å². The van der Waals surface area contributed by atoms with E-state index in [0.717, 1.165) is 12.8 Å². The Morgan fingerprint density at radius 2 is 2.38 bits per heavy atom. The molecular formula is C10H13ClN2. The fraction of sp³-hybridized carbons (Fsp3) is 0.600. The van der Waals surface area contributed by atoms with Crippen molar-refractivity contribution in [3.05, 3.63) is 22.5 Å². The summed E-state index contributed by atoms with van der Waals surface area (Å²) < 4.78 is 0. The first kappa shape index (κ1) is 8.95. The Balaban J connectivity index is 2.40. The predicted molar refractivity (Wildman–Crippen MR) is 53.0 cm³/mol. The molecule has 0 fully saturated rings. The molecule has 0 spiro atoms. The van der Waals surface area contributed by atoms with Crippen molar-refractivity contribution in [3.63, 3.8) is 0 Å². The first-order valence-corrected chi connectivity index (χ1v) is 5.21. The molecule has 0 bridgehead atoms. The molecule has 1 aliphatic rings. The van der Waals surface area contributed by atoms with E-state index < -0.39 is 0 Å². The quantitative estimate of drug-likeness (QED) is 0.690. The van der Waals surface area contributed by atoms with Crippen LogP contribution in [0.4, 0.5) is 0 Å². The molecule has 1 aromatic heterocycles. The standard InChI is InChI=1S/C10H13ClN2/c1-2-7-4-3-5-8-6-9(11)12-13-10(7)8/h6-7H,2-5H2,1H3. The zero-order valence-corrected chi connectivity index (χ0v) is 8.51. The Labute approximate surface area is 83.3 Å². The summed E-state index contributed by atoms with van der Waals surface area (Å²) in [5, 5.41) is 8.62. The van der Waals surface area contributed by atoms with Crippen molar-refractivity contribution in [1.29, 1.82) is 0 Å². The van der Waals surface area contributed by atoms with Gasteiger partial charge < -0.3 is 0 Å². The smallest absolute Gasteiger partial charge is 0.152 e. The van der Waals surface area contributed by atoms with E-state index in [2.05, 4.69) is 17.1 Å². The average molecular weight is 197 g/mol. The van der Waals surface area contributed by atoms with Crippen LogP contribution >= 0.6 is 11.6 Å². The molecule has 0 N–H and O–H groups in total. The molecule has 1 aliphatic carbocycles. The average Bonchev–Trinajstić information content (AvgIpc) is 2.16. The van der Waals surface area contributed by atoms with Crippen molar-refractivity contribution in [1.82, 2.24) is 10.2 Å². The Hall–Kier alpha value is -0.630. The molecule has 13 heavy (non-hydrogen) atoms. The van der Waals surface area contributed by atoms with Crippen LogP contribution in [0.15, 0.2) is 6.07 Å². The van der Waals surface area contributed by atoms with Gasteiger partial charge in [-0.25, -0.2) is 0 Å². The van der Waals surface area contributed by atoms with E-state index in [0.29, 0.717) is 11.1 Å². The number of aryl methyl sites for hydroxylation is 1. The minimum Gasteiger partial charge on any atom is -0.154 e. The zero-order chi connectivity index (χ0) is 9.26. The van der Waals surface area contributed by atoms with Crippen LogP contribution in [0.5, 0.6) is 0 Å². The molecule has 3 heteroatoms. The Kier molecular flexibility index (Phi) is 2.49. The van der Waals surface area contributed by atoms with Gasteiger partial charge in [0.2, 0.25) is 0 Å². The molecule has 2 nitrogen and oxygen atoms in total. The van der Waals surface area contributed by atoms with Gasteiger partial charge in [-0.15, -0.1) is 5.10 Å². The third-order valence-corrected chi connectivity index (χ3v) is 2.94. The summed E-state index contributed by atoms with van der Waals surface area (Å²) in [5.74, 6) is 0.605. The summed E-state index contributed by atoms with van der Waals surface area (Å²) in [5.41, 5.74) is 2.48. The molecule has 1 unspecified atom stereocenters. The monoisotopic (exact) mass is 196 g/mol. The van der Waals surface area contributed by atoms with Crippen LogP contribution in [0.2, 0.25) is 5.15 Å². The molecule has 0 radical (unpaired) electrons. The minimum atomic E-state index is 0.524. The summed E-state index contributed by atoms with van der Waals surface area (Å²) >= 11 is 5.79. The normalized spacial score (nSPS) is 21.2. The SMILES string of the molecule is CCC1CCCc2cc(Cl)nnc21. The minimum absolute atomic E-state index is 0.524. The number of rotatable bonds is 1. The van der Waals surface area contributed by atoms with Crippen LogP contribution in [0.25, 0.3) is 0 Å². The molecule has 2 rings (SSSR count). The highest BCUT2D eigenvalue weighted by Crippen LogP contribution is 2.32. The molecule has 0 aliphatic heterocycles. The lowest BCUT2D eigenvalue weighted by Gasteiger charge is -2.22. The highest BCUT2D eigenvalue weighted by molar-refractivity contribution is 6.29. The first-order chi connectivity index (χ1) is 6.31. The Morgan fingerprint density at radius 1 is 1.54 bits per heavy atom. The summed E-state index contributed by atoms with van der Waals surface area (Å²) in [6.45, 7) is 2.20. The van der Waals surface area contributed by atoms with E-state index >= 15 is 0 Å². The van der Waals surface area contributed by atoms with Crippen LogP contribution < -0.4 is 0 Å². The Morgan fingerprint density at radius 3 is 3.15 bits per heavy atom. The van der Waals surface area contributed by atoms with Crippen LogP contribution in [0, 0.1) is 0 Å². The van der Waals surface area contributed by atoms with Crippen LogP contribution in [0.3, 0.4) is 0 Å². The van der Waals surface area contributed by atoms with Gasteiger partial charge in [0, 0.05) is 5.92 Å². The summed E-state index contributed by atoms with van der Waals surface area (Å²) in [4.78, 5) is 0. The molecule has 1 aromatic rings. The highest BCUT2D eigenvalue weighted by Gasteiger charge is 2.20. The number of fused-ring (bicyclic) bond motifs is 1. The van der Waals surface area contributed by atoms with Gasteiger partial charge in [0.15, 0.2) is 5.15 Å². The fourth-order valence-electron chi connectivity index (χ4n) is 2.03. The summed E-state index contributed by atoms with van der Waals surface area (Å²) in [7, 11) is 0. The second-order valence-electron chi connectivity index (χ2n) is 3.57. The molecule has 0 aromatic carbocycles. The van der Waals surface area contributed by atoms with Gasteiger partial charge in [-0.1, -0.05) is 18.5 Å². The van der Waals surface area contributed by atoms with E-state index in [-0.39, 0.29) is 0 Å². The van der Waals surface area contributed by atoms with E-state index in [1.807, 2.05) is 6.07 Å². The molecule has 0 amide bonds. The van der Waals surface area contributed by atoms with Crippen molar-refractivity contribution in [3.8, 4) is 0 Å². The fourth-order valence-corrected chi connectivity index (χ4v) is 2.20. The second-order valence-corrected chi connectivity index (χ2v) is 3.96. The lowest BCUT2D eigenvalue weighted by atomic mass is 9.85. The molecule has 0 saturated carbocycles. The van der Waals surface area contributed by atoms with Gasteiger partial charge in [-0.05, 0) is 37.3 Å². The van der Waals surface area contributed by atoms with Gasteiger partial charge >= 0.3 is 0 Å². The third kappa shape index (κ3) is 1.68. The molecule has 70 valence electrons. The largest absolute Gasteiger partial charge is 0.154 e. The summed E-state index contributed by atoms with van der Waals surface area (Å²) in [6, 6.07) is 1.96. The maximum absolute atomic E-state index is 5.79. The van der Waals surface area contributed by atoms with E-state index in [1.54, 1.807) is 0 Å². The lowest BCUT2D eigenvalue weighted by molar-refractivity contribution is 0.517. The van der Waals surface area contributed by atoms with Crippen molar-refractivity contribution in [2.75, 3.05) is 0 Å². The van der Waals surface area contributed by atoms with Crippen molar-refractivity contribution < 1.29 is 0 Å². The number of nitrogens with zero attached hydrogens (tertiary/aromatic N) is 2. The van der Waals surface area contributed by atoms with Crippen molar-refractivity contribution in [2.24, 2.45) is 0 Å². The molecule has 1 atom stereocenters. The van der Waals surface area contributed by atoms with Crippen molar-refractivity contribution >= 4 is 11.6 Å². The van der Waals surface area contributed by atoms with Gasteiger partial charge in [0.25, 0.3) is 0 Å². The molecule has 1 heterocycles. The number of aromatic nitrogens is 2. The maximum atomic E-state index is 5.79. The highest BCUT2D eigenvalue weighted by atomic mass is 35.5. The first-order valence-electron chi connectivity index (χ1n) is 4.83. The number of hydrogen-bond acceptors (Lipinski definition) is 2. The number of halogens is 1. The summed E-state index contributed by atoms with van der Waals surface area (Å²) in [6.07, 6.45) is 4.78. The van der Waals surface area contributed by atoms with E-state index in [9.17, 15) is 0 Å². The molecular weight excluding hydrogens is 184 g/mol. The van der Waals surface area contributed by atoms with E-state index in [4.69, 9.17) is 11.6 Å². The number of hydrogen-bond donors (Lipinski definition) is 0. The van der Waals surface area contributed by atoms with Crippen LogP contribution in [-0.4, -0.2) is 10.2 Å². The molecule has 0 saturated heterocycles. The maximum Gasteiger partial charge on any atom is 0.152 e. The Bertz CT molecular complexity index is 312. The van der Waals surface area contributed by atoms with Gasteiger partial charge in [-0.2, -0.15) is 5.10 Å². The zero-order valence-electron chi connectivity index (χ0n) is 7.76. The lowest BCUT2D eigenvalue weighted by Crippen LogP contribution is -2.12. The van der Waals surface area contributed by atoms with Crippen LogP contribution in [0.1, 0.15) is 43.4 Å². The van der Waals surface area contributed by atoms with Crippen LogP contribution in [-0.2, 0) is 6.42 Å². The third-order valence-electron chi connectivity index (χ3n) is 2.75. The van der Waals surface area contributed by atoms with Gasteiger partial charge in [-0.3, -0.25) is 0 Å². The van der Waals surface area contributed by atoms with Gasteiger partial charge in [0.05, 0.1) is 5.69 Å².